The summed E-state index contributed by atoms with van der Waals surface area (Å²) in [6.07, 6.45) is -0.734. The Labute approximate surface area is 147 Å². The van der Waals surface area contributed by atoms with E-state index in [1.807, 2.05) is 30.5 Å². The van der Waals surface area contributed by atoms with Crippen LogP contribution in [0.15, 0.2) is 59.5 Å². The third-order valence-electron chi connectivity index (χ3n) is 3.70. The lowest BCUT2D eigenvalue weighted by Gasteiger charge is -2.08. The quantitative estimate of drug-likeness (QED) is 0.658. The van der Waals surface area contributed by atoms with Crippen molar-refractivity contribution in [3.05, 3.63) is 65.9 Å². The molecule has 0 spiro atoms. The van der Waals surface area contributed by atoms with Crippen molar-refractivity contribution in [2.24, 2.45) is 0 Å². The van der Waals surface area contributed by atoms with Gasteiger partial charge in [0.2, 0.25) is 0 Å². The van der Waals surface area contributed by atoms with Crippen molar-refractivity contribution in [1.29, 1.82) is 0 Å². The van der Waals surface area contributed by atoms with Gasteiger partial charge in [-0.1, -0.05) is 12.1 Å². The van der Waals surface area contributed by atoms with Crippen molar-refractivity contribution in [1.82, 2.24) is 9.78 Å². The van der Waals surface area contributed by atoms with Crippen molar-refractivity contribution >= 4 is 17.7 Å². The van der Waals surface area contributed by atoms with Gasteiger partial charge < -0.3 is 5.11 Å². The summed E-state index contributed by atoms with van der Waals surface area (Å²) in [5.41, 5.74) is 1.58. The standard InChI is InChI=1S/C18H14F2N2O2S/c1-25-14-8-4-11(5-9-14)16-10-15(17(19)20)21-22(16)13-6-2-12(3-7-13)18(23)24/h2-10,17H,1H3,(H,23,24). The molecule has 0 fully saturated rings. The molecule has 0 amide bonds. The zero-order valence-electron chi connectivity index (χ0n) is 13.2. The summed E-state index contributed by atoms with van der Waals surface area (Å²) < 4.78 is 27.7. The molecule has 3 aromatic rings. The fraction of sp³-hybridized carbons (Fsp3) is 0.111. The third-order valence-corrected chi connectivity index (χ3v) is 4.44. The smallest absolute Gasteiger partial charge is 0.335 e. The number of carbonyl (C=O) groups is 1. The van der Waals surface area contributed by atoms with Crippen LogP contribution in [0, 0.1) is 0 Å². The van der Waals surface area contributed by atoms with Crippen LogP contribution in [0.3, 0.4) is 0 Å². The largest absolute Gasteiger partial charge is 0.478 e. The maximum atomic E-state index is 13.1. The fourth-order valence-electron chi connectivity index (χ4n) is 2.42. The first-order valence-electron chi connectivity index (χ1n) is 7.36. The van der Waals surface area contributed by atoms with Crippen LogP contribution in [-0.2, 0) is 0 Å². The summed E-state index contributed by atoms with van der Waals surface area (Å²) in [4.78, 5) is 12.0. The summed E-state index contributed by atoms with van der Waals surface area (Å²) >= 11 is 1.59. The maximum Gasteiger partial charge on any atom is 0.335 e. The number of aromatic carboxylic acids is 1. The number of thioether (sulfide) groups is 1. The summed E-state index contributed by atoms with van der Waals surface area (Å²) in [5.74, 6) is -1.05. The number of benzene rings is 2. The molecular formula is C18H14F2N2O2S. The molecule has 7 heteroatoms. The molecule has 0 bridgehead atoms. The molecule has 25 heavy (non-hydrogen) atoms. The van der Waals surface area contributed by atoms with E-state index in [0.29, 0.717) is 11.4 Å². The Morgan fingerprint density at radius 2 is 1.76 bits per heavy atom. The molecule has 2 aromatic carbocycles. The Morgan fingerprint density at radius 3 is 2.28 bits per heavy atom. The minimum absolute atomic E-state index is 0.121. The van der Waals surface area contributed by atoms with E-state index in [1.165, 1.54) is 22.9 Å². The number of rotatable bonds is 5. The summed E-state index contributed by atoms with van der Waals surface area (Å²) in [7, 11) is 0. The normalized spacial score (nSPS) is 11.0. The second-order valence-electron chi connectivity index (χ2n) is 5.25. The van der Waals surface area contributed by atoms with Gasteiger partial charge in [-0.05, 0) is 48.7 Å². The van der Waals surface area contributed by atoms with Crippen LogP contribution in [-0.4, -0.2) is 27.1 Å². The number of halogens is 2. The third kappa shape index (κ3) is 3.56. The maximum absolute atomic E-state index is 13.1. The van der Waals surface area contributed by atoms with Gasteiger partial charge in [0.15, 0.2) is 0 Å². The van der Waals surface area contributed by atoms with Gasteiger partial charge in [-0.3, -0.25) is 0 Å². The summed E-state index contributed by atoms with van der Waals surface area (Å²) in [6.45, 7) is 0. The highest BCUT2D eigenvalue weighted by Crippen LogP contribution is 2.29. The van der Waals surface area contributed by atoms with Crippen LogP contribution >= 0.6 is 11.8 Å². The SMILES string of the molecule is CSc1ccc(-c2cc(C(F)F)nn2-c2ccc(C(=O)O)cc2)cc1. The van der Waals surface area contributed by atoms with Crippen LogP contribution in [0.1, 0.15) is 22.5 Å². The molecule has 128 valence electrons. The molecule has 1 aromatic heterocycles. The molecule has 0 saturated heterocycles. The Kier molecular flexibility index (Phi) is 4.85. The van der Waals surface area contributed by atoms with Gasteiger partial charge >= 0.3 is 5.97 Å². The zero-order chi connectivity index (χ0) is 18.0. The van der Waals surface area contributed by atoms with Gasteiger partial charge in [0.1, 0.15) is 5.69 Å². The van der Waals surface area contributed by atoms with E-state index in [0.717, 1.165) is 10.5 Å². The van der Waals surface area contributed by atoms with Crippen LogP contribution in [0.4, 0.5) is 8.78 Å². The predicted molar refractivity (Wildman–Crippen MR) is 92.7 cm³/mol. The van der Waals surface area contributed by atoms with Gasteiger partial charge in [0, 0.05) is 10.5 Å². The average molecular weight is 360 g/mol. The second-order valence-corrected chi connectivity index (χ2v) is 6.13. The highest BCUT2D eigenvalue weighted by Gasteiger charge is 2.18. The van der Waals surface area contributed by atoms with Gasteiger partial charge in [-0.2, -0.15) is 5.10 Å². The number of hydrogen-bond donors (Lipinski definition) is 1. The molecule has 0 saturated carbocycles. The Balaban J connectivity index is 2.09. The van der Waals surface area contributed by atoms with E-state index in [4.69, 9.17) is 5.11 Å². The molecule has 1 heterocycles. The van der Waals surface area contributed by atoms with E-state index < -0.39 is 12.4 Å². The van der Waals surface area contributed by atoms with E-state index in [-0.39, 0.29) is 11.3 Å². The van der Waals surface area contributed by atoms with E-state index >= 15 is 0 Å². The number of carboxylic acids is 1. The molecule has 0 aliphatic rings. The molecule has 0 unspecified atom stereocenters. The molecule has 0 aliphatic heterocycles. The molecular weight excluding hydrogens is 346 g/mol. The average Bonchev–Trinajstić information content (AvgIpc) is 3.07. The van der Waals surface area contributed by atoms with Gasteiger partial charge in [0.05, 0.1) is 16.9 Å². The molecule has 0 atom stereocenters. The van der Waals surface area contributed by atoms with Crippen molar-refractivity contribution in [2.75, 3.05) is 6.26 Å². The monoisotopic (exact) mass is 360 g/mol. The highest BCUT2D eigenvalue weighted by molar-refractivity contribution is 7.98. The first-order valence-corrected chi connectivity index (χ1v) is 8.58. The van der Waals surface area contributed by atoms with Crippen molar-refractivity contribution in [2.45, 2.75) is 11.3 Å². The molecule has 4 nitrogen and oxygen atoms in total. The molecule has 0 radical (unpaired) electrons. The van der Waals surface area contributed by atoms with E-state index in [1.54, 1.807) is 23.9 Å². The Morgan fingerprint density at radius 1 is 1.12 bits per heavy atom. The van der Waals surface area contributed by atoms with Crippen molar-refractivity contribution < 1.29 is 18.7 Å². The zero-order valence-corrected chi connectivity index (χ0v) is 14.0. The first-order chi connectivity index (χ1) is 12.0. The fourth-order valence-corrected chi connectivity index (χ4v) is 2.82. The van der Waals surface area contributed by atoms with E-state index in [2.05, 4.69) is 5.10 Å². The number of alkyl halides is 2. The molecule has 3 rings (SSSR count). The summed E-state index contributed by atoms with van der Waals surface area (Å²) in [5, 5.41) is 13.0. The van der Waals surface area contributed by atoms with Crippen LogP contribution in [0.2, 0.25) is 0 Å². The number of carboxylic acid groups (broad SMARTS) is 1. The van der Waals surface area contributed by atoms with Crippen molar-refractivity contribution in [3.8, 4) is 16.9 Å². The topological polar surface area (TPSA) is 55.1 Å². The molecule has 0 aliphatic carbocycles. The highest BCUT2D eigenvalue weighted by atomic mass is 32.2. The van der Waals surface area contributed by atoms with Crippen LogP contribution in [0.5, 0.6) is 0 Å². The van der Waals surface area contributed by atoms with E-state index in [9.17, 15) is 13.6 Å². The lowest BCUT2D eigenvalue weighted by Crippen LogP contribution is -2.02. The minimum Gasteiger partial charge on any atom is -0.478 e. The van der Waals surface area contributed by atoms with Gasteiger partial charge in [-0.25, -0.2) is 18.3 Å². The van der Waals surface area contributed by atoms with Crippen LogP contribution < -0.4 is 0 Å². The Hall–Kier alpha value is -2.67. The lowest BCUT2D eigenvalue weighted by molar-refractivity contribution is 0.0697. The predicted octanol–water partition coefficient (Wildman–Crippen LogP) is 4.90. The minimum atomic E-state index is -2.69. The summed E-state index contributed by atoms with van der Waals surface area (Å²) in [6, 6.07) is 14.8. The lowest BCUT2D eigenvalue weighted by atomic mass is 10.1. The van der Waals surface area contributed by atoms with Gasteiger partial charge in [-0.15, -0.1) is 11.8 Å². The molecule has 1 N–H and O–H groups in total. The first kappa shape index (κ1) is 17.2. The second kappa shape index (κ2) is 7.06. The van der Waals surface area contributed by atoms with Gasteiger partial charge in [0.25, 0.3) is 6.43 Å². The van der Waals surface area contributed by atoms with Crippen LogP contribution in [0.25, 0.3) is 16.9 Å². The van der Waals surface area contributed by atoms with Crippen molar-refractivity contribution in [3.63, 3.8) is 0 Å². The number of aromatic nitrogens is 2. The number of hydrogen-bond acceptors (Lipinski definition) is 3. The number of nitrogens with zero attached hydrogens (tertiary/aromatic N) is 2. The Bertz CT molecular complexity index is 890.